The molecule has 0 aromatic heterocycles. The van der Waals surface area contributed by atoms with Crippen LogP contribution in [0.15, 0.2) is 42.5 Å². The molecule has 2 rings (SSSR count). The summed E-state index contributed by atoms with van der Waals surface area (Å²) in [6.07, 6.45) is 0. The zero-order chi connectivity index (χ0) is 20.9. The fraction of sp³-hybridized carbons (Fsp3) is 0.381. The number of carbonyl (C=O) groups excluding carboxylic acids is 1. The highest BCUT2D eigenvalue weighted by Crippen LogP contribution is 2.21. The van der Waals surface area contributed by atoms with Crippen LogP contribution in [0, 0.1) is 13.8 Å². The molecule has 152 valence electrons. The molecule has 0 unspecified atom stereocenters. The molecule has 0 fully saturated rings. The van der Waals surface area contributed by atoms with Gasteiger partial charge in [0, 0.05) is 18.3 Å². The van der Waals surface area contributed by atoms with Crippen molar-refractivity contribution in [2.75, 3.05) is 11.1 Å². The summed E-state index contributed by atoms with van der Waals surface area (Å²) >= 11 is 0. The molecule has 0 saturated heterocycles. The van der Waals surface area contributed by atoms with Crippen LogP contribution in [0.1, 0.15) is 37.5 Å². The topological polar surface area (TPSA) is 75.7 Å². The number of rotatable bonds is 7. The molecule has 0 aliphatic heterocycles. The van der Waals surface area contributed by atoms with E-state index in [9.17, 15) is 13.2 Å². The van der Waals surface area contributed by atoms with Crippen molar-refractivity contribution in [2.45, 2.75) is 47.2 Å². The summed E-state index contributed by atoms with van der Waals surface area (Å²) in [6.45, 7) is 9.70. The molecule has 0 spiro atoms. The number of aryl methyl sites for hydroxylation is 1. The summed E-state index contributed by atoms with van der Waals surface area (Å²) in [7, 11) is -3.59. The lowest BCUT2D eigenvalue weighted by atomic mass is 10.1. The average molecular weight is 405 g/mol. The van der Waals surface area contributed by atoms with Crippen LogP contribution in [0.3, 0.4) is 0 Å². The summed E-state index contributed by atoms with van der Waals surface area (Å²) in [5.41, 5.74) is 3.70. The number of nitrogens with one attached hydrogen (secondary N) is 1. The second kappa shape index (κ2) is 9.10. The van der Waals surface area contributed by atoms with Crippen molar-refractivity contribution in [2.24, 2.45) is 0 Å². The molecular weight excluding hydrogens is 376 g/mol. The van der Waals surface area contributed by atoms with Crippen LogP contribution in [0.4, 0.5) is 10.5 Å². The smallest absolute Gasteiger partial charge is 0.322 e. The van der Waals surface area contributed by atoms with Crippen molar-refractivity contribution in [1.29, 1.82) is 0 Å². The standard InChI is InChI=1S/C21H28N2O4S/c1-6-28(25,26)27-19-11-8-10-18(13-19)14-23(15(2)3)21(24)22-20-12-7-9-16(4)17(20)5/h7-13,15H,6,14H2,1-5H3,(H,22,24). The van der Waals surface area contributed by atoms with Gasteiger partial charge in [-0.15, -0.1) is 0 Å². The number of hydrogen-bond donors (Lipinski definition) is 1. The fourth-order valence-corrected chi connectivity index (χ4v) is 3.18. The Morgan fingerprint density at radius 1 is 1.14 bits per heavy atom. The van der Waals surface area contributed by atoms with E-state index in [1.807, 2.05) is 52.0 Å². The quantitative estimate of drug-likeness (QED) is 0.691. The van der Waals surface area contributed by atoms with Gasteiger partial charge in [-0.2, -0.15) is 8.42 Å². The normalized spacial score (nSPS) is 11.4. The molecule has 0 heterocycles. The Morgan fingerprint density at radius 3 is 2.46 bits per heavy atom. The van der Waals surface area contributed by atoms with Gasteiger partial charge in [0.1, 0.15) is 5.75 Å². The summed E-state index contributed by atoms with van der Waals surface area (Å²) in [6, 6.07) is 12.3. The summed E-state index contributed by atoms with van der Waals surface area (Å²) in [5.74, 6) is 0.145. The lowest BCUT2D eigenvalue weighted by Gasteiger charge is -2.27. The summed E-state index contributed by atoms with van der Waals surface area (Å²) in [4.78, 5) is 14.6. The highest BCUT2D eigenvalue weighted by molar-refractivity contribution is 7.87. The second-order valence-corrected chi connectivity index (χ2v) is 8.84. The number of carbonyl (C=O) groups is 1. The van der Waals surface area contributed by atoms with E-state index in [2.05, 4.69) is 5.32 Å². The van der Waals surface area contributed by atoms with Crippen LogP contribution in [-0.4, -0.2) is 31.1 Å². The molecule has 0 atom stereocenters. The predicted molar refractivity (Wildman–Crippen MR) is 112 cm³/mol. The summed E-state index contributed by atoms with van der Waals surface area (Å²) < 4.78 is 28.4. The lowest BCUT2D eigenvalue weighted by Crippen LogP contribution is -2.39. The van der Waals surface area contributed by atoms with Gasteiger partial charge in [-0.25, -0.2) is 4.79 Å². The molecular formula is C21H28N2O4S. The maximum absolute atomic E-state index is 12.9. The molecule has 2 aromatic rings. The van der Waals surface area contributed by atoms with E-state index < -0.39 is 10.1 Å². The highest BCUT2D eigenvalue weighted by Gasteiger charge is 2.19. The first-order valence-electron chi connectivity index (χ1n) is 9.28. The maximum atomic E-state index is 12.9. The van der Waals surface area contributed by atoms with Crippen molar-refractivity contribution in [3.63, 3.8) is 0 Å². The number of urea groups is 1. The minimum absolute atomic E-state index is 0.0472. The van der Waals surface area contributed by atoms with E-state index >= 15 is 0 Å². The Morgan fingerprint density at radius 2 is 1.82 bits per heavy atom. The molecule has 2 amide bonds. The fourth-order valence-electron chi connectivity index (χ4n) is 2.66. The number of hydrogen-bond acceptors (Lipinski definition) is 4. The van der Waals surface area contributed by atoms with Gasteiger partial charge in [0.15, 0.2) is 0 Å². The molecule has 7 heteroatoms. The molecule has 1 N–H and O–H groups in total. The van der Waals surface area contributed by atoms with Crippen LogP contribution in [0.25, 0.3) is 0 Å². The van der Waals surface area contributed by atoms with Gasteiger partial charge in [-0.05, 0) is 69.5 Å². The summed E-state index contributed by atoms with van der Waals surface area (Å²) in [5, 5.41) is 2.97. The third-order valence-corrected chi connectivity index (χ3v) is 5.71. The van der Waals surface area contributed by atoms with Gasteiger partial charge in [0.25, 0.3) is 0 Å². The Kier molecular flexibility index (Phi) is 7.07. The van der Waals surface area contributed by atoms with Crippen molar-refractivity contribution in [3.05, 3.63) is 59.2 Å². The van der Waals surface area contributed by atoms with Crippen LogP contribution >= 0.6 is 0 Å². The van der Waals surface area contributed by atoms with Gasteiger partial charge >= 0.3 is 16.1 Å². The first-order chi connectivity index (χ1) is 13.1. The van der Waals surface area contributed by atoms with Crippen LogP contribution in [0.2, 0.25) is 0 Å². The third kappa shape index (κ3) is 5.73. The number of amides is 2. The van der Waals surface area contributed by atoms with E-state index in [1.165, 1.54) is 6.92 Å². The van der Waals surface area contributed by atoms with Gasteiger partial charge in [-0.3, -0.25) is 0 Å². The molecule has 28 heavy (non-hydrogen) atoms. The zero-order valence-electron chi connectivity index (χ0n) is 17.0. The first-order valence-corrected chi connectivity index (χ1v) is 10.9. The van der Waals surface area contributed by atoms with Crippen molar-refractivity contribution in [3.8, 4) is 5.75 Å². The van der Waals surface area contributed by atoms with Crippen molar-refractivity contribution < 1.29 is 17.4 Å². The van der Waals surface area contributed by atoms with Crippen LogP contribution in [0.5, 0.6) is 5.75 Å². The second-order valence-electron chi connectivity index (χ2n) is 6.98. The van der Waals surface area contributed by atoms with E-state index in [0.29, 0.717) is 6.54 Å². The number of anilines is 1. The van der Waals surface area contributed by atoms with Gasteiger partial charge < -0.3 is 14.4 Å². The van der Waals surface area contributed by atoms with Crippen molar-refractivity contribution >= 4 is 21.8 Å². The zero-order valence-corrected chi connectivity index (χ0v) is 17.8. The lowest BCUT2D eigenvalue weighted by molar-refractivity contribution is 0.193. The molecule has 0 radical (unpaired) electrons. The van der Waals surface area contributed by atoms with E-state index in [1.54, 1.807) is 23.1 Å². The molecule has 0 aliphatic rings. The van der Waals surface area contributed by atoms with Gasteiger partial charge in [0.05, 0.1) is 5.75 Å². The third-order valence-electron chi connectivity index (χ3n) is 4.56. The van der Waals surface area contributed by atoms with Gasteiger partial charge in [-0.1, -0.05) is 24.3 Å². The average Bonchev–Trinajstić information content (AvgIpc) is 2.63. The van der Waals surface area contributed by atoms with Crippen LogP contribution < -0.4 is 9.50 Å². The minimum Gasteiger partial charge on any atom is -0.382 e. The molecule has 0 saturated carbocycles. The Bertz CT molecular complexity index is 939. The number of benzene rings is 2. The molecule has 0 bridgehead atoms. The number of nitrogens with zero attached hydrogens (tertiary/aromatic N) is 1. The van der Waals surface area contributed by atoms with E-state index in [0.717, 1.165) is 22.4 Å². The SMILES string of the molecule is CCS(=O)(=O)Oc1cccc(CN(C(=O)Nc2cccc(C)c2C)C(C)C)c1. The van der Waals surface area contributed by atoms with E-state index in [4.69, 9.17) is 4.18 Å². The first kappa shape index (κ1) is 21.8. The molecule has 0 aliphatic carbocycles. The highest BCUT2D eigenvalue weighted by atomic mass is 32.2. The van der Waals surface area contributed by atoms with Gasteiger partial charge in [0.2, 0.25) is 0 Å². The predicted octanol–water partition coefficient (Wildman–Crippen LogP) is 4.47. The maximum Gasteiger partial charge on any atom is 0.322 e. The monoisotopic (exact) mass is 404 g/mol. The van der Waals surface area contributed by atoms with Crippen LogP contribution in [-0.2, 0) is 16.7 Å². The molecule has 2 aromatic carbocycles. The minimum atomic E-state index is -3.59. The van der Waals surface area contributed by atoms with E-state index in [-0.39, 0.29) is 23.6 Å². The largest absolute Gasteiger partial charge is 0.382 e. The Labute approximate surface area is 167 Å². The Hall–Kier alpha value is -2.54. The Balaban J connectivity index is 2.19. The van der Waals surface area contributed by atoms with Crippen molar-refractivity contribution in [1.82, 2.24) is 4.90 Å². The molecule has 6 nitrogen and oxygen atoms in total.